The average Bonchev–Trinajstić information content (AvgIpc) is 1.87. The zero-order valence-corrected chi connectivity index (χ0v) is 6.86. The third-order valence-corrected chi connectivity index (χ3v) is 0.769. The van der Waals surface area contributed by atoms with Crippen LogP contribution in [-0.2, 0) is 14.3 Å². The third-order valence-electron chi connectivity index (χ3n) is 0.769. The molecule has 70 valence electrons. The first-order chi connectivity index (χ1) is 4.95. The highest BCUT2D eigenvalue weighted by atomic mass is 16.7. The summed E-state index contributed by atoms with van der Waals surface area (Å²) in [7, 11) is 0. The number of hydrogen-bond donors (Lipinski definition) is 2. The Kier molecular flexibility index (Phi) is 5.81. The van der Waals surface area contributed by atoms with E-state index in [0.29, 0.717) is 0 Å². The molecule has 0 saturated carbocycles. The van der Waals surface area contributed by atoms with Crippen LogP contribution in [0.4, 0.5) is 0 Å². The average molecular weight is 177 g/mol. The molecule has 0 bridgehead atoms. The number of carbonyl (C=O) groups excluding carboxylic acids is 2. The van der Waals surface area contributed by atoms with Crippen LogP contribution in [0.15, 0.2) is 12.2 Å². The van der Waals surface area contributed by atoms with Gasteiger partial charge in [-0.15, -0.1) is 0 Å². The van der Waals surface area contributed by atoms with Crippen molar-refractivity contribution < 1.29 is 24.5 Å². The van der Waals surface area contributed by atoms with Crippen molar-refractivity contribution >= 4 is 11.9 Å². The minimum absolute atomic E-state index is 0. The Balaban J connectivity index is 0. The maximum atomic E-state index is 10.5. The number of rotatable bonds is 3. The topological polar surface area (TPSA) is 123 Å². The molecule has 12 heavy (non-hydrogen) atoms. The molecule has 6 nitrogen and oxygen atoms in total. The van der Waals surface area contributed by atoms with Crippen LogP contribution in [0.5, 0.6) is 0 Å². The fourth-order valence-corrected chi connectivity index (χ4v) is 0.250. The van der Waals surface area contributed by atoms with E-state index in [9.17, 15) is 14.7 Å². The summed E-state index contributed by atoms with van der Waals surface area (Å²) in [5.74, 6) is -2.83. The van der Waals surface area contributed by atoms with Crippen molar-refractivity contribution in [3.05, 3.63) is 12.2 Å². The second-order valence-corrected chi connectivity index (χ2v) is 1.86. The molecule has 5 N–H and O–H groups in total. The summed E-state index contributed by atoms with van der Waals surface area (Å²) >= 11 is 0. The second-order valence-electron chi connectivity index (χ2n) is 1.86. The molecule has 0 aromatic heterocycles. The van der Waals surface area contributed by atoms with Crippen molar-refractivity contribution in [2.24, 2.45) is 0 Å². The Morgan fingerprint density at radius 2 is 2.00 bits per heavy atom. The van der Waals surface area contributed by atoms with Gasteiger partial charge in [-0.2, -0.15) is 0 Å². The van der Waals surface area contributed by atoms with Crippen LogP contribution in [-0.4, -0.2) is 23.3 Å². The van der Waals surface area contributed by atoms with E-state index in [0.717, 1.165) is 0 Å². The number of carboxylic acid groups (broad SMARTS) is 1. The van der Waals surface area contributed by atoms with E-state index in [1.807, 2.05) is 0 Å². The molecule has 0 aliphatic heterocycles. The molecule has 1 atom stereocenters. The molecule has 0 amide bonds. The highest BCUT2D eigenvalue weighted by Gasteiger charge is 2.11. The fraction of sp³-hybridized carbons (Fsp3) is 0.333. The lowest BCUT2D eigenvalue weighted by Gasteiger charge is -2.11. The van der Waals surface area contributed by atoms with Gasteiger partial charge in [0.1, 0.15) is 5.97 Å². The van der Waals surface area contributed by atoms with Gasteiger partial charge in [-0.3, -0.25) is 0 Å². The Morgan fingerprint density at radius 1 is 1.58 bits per heavy atom. The van der Waals surface area contributed by atoms with Crippen molar-refractivity contribution in [1.82, 2.24) is 6.15 Å². The van der Waals surface area contributed by atoms with Crippen molar-refractivity contribution in [2.45, 2.75) is 13.2 Å². The van der Waals surface area contributed by atoms with Crippen molar-refractivity contribution in [2.75, 3.05) is 0 Å². The minimum atomic E-state index is -2.22. The van der Waals surface area contributed by atoms with Gasteiger partial charge in [0.2, 0.25) is 6.29 Å². The monoisotopic (exact) mass is 177 g/mol. The second kappa shape index (κ2) is 5.28. The van der Waals surface area contributed by atoms with Gasteiger partial charge < -0.3 is 25.9 Å². The zero-order chi connectivity index (χ0) is 9.02. The minimum Gasteiger partial charge on any atom is -0.544 e. The molecule has 0 aromatic rings. The molecule has 0 aliphatic carbocycles. The number of carboxylic acids is 1. The quantitative estimate of drug-likeness (QED) is 0.310. The summed E-state index contributed by atoms with van der Waals surface area (Å²) in [4.78, 5) is 20.3. The highest BCUT2D eigenvalue weighted by Crippen LogP contribution is 1.94. The van der Waals surface area contributed by atoms with E-state index in [1.165, 1.54) is 6.92 Å². The van der Waals surface area contributed by atoms with E-state index in [2.05, 4.69) is 11.3 Å². The number of aliphatic hydroxyl groups is 1. The normalized spacial score (nSPS) is 10.8. The van der Waals surface area contributed by atoms with E-state index < -0.39 is 18.2 Å². The van der Waals surface area contributed by atoms with Crippen molar-refractivity contribution in [3.8, 4) is 0 Å². The summed E-state index contributed by atoms with van der Waals surface area (Å²) in [5.41, 5.74) is 0.00491. The first-order valence-electron chi connectivity index (χ1n) is 2.70. The van der Waals surface area contributed by atoms with Gasteiger partial charge >= 0.3 is 5.97 Å². The SMILES string of the molecule is C=C(C)C(=O)OC(O)C(=O)[O-].[NH4+]. The third kappa shape index (κ3) is 4.42. The van der Waals surface area contributed by atoms with Gasteiger partial charge in [-0.05, 0) is 6.92 Å². The molecule has 0 aromatic carbocycles. The van der Waals surface area contributed by atoms with Gasteiger partial charge in [0.05, 0.1) is 0 Å². The van der Waals surface area contributed by atoms with Crippen LogP contribution in [0.2, 0.25) is 0 Å². The molecule has 0 saturated heterocycles. The molecule has 0 fully saturated rings. The van der Waals surface area contributed by atoms with Gasteiger partial charge in [0.25, 0.3) is 0 Å². The van der Waals surface area contributed by atoms with Crippen LogP contribution in [0.3, 0.4) is 0 Å². The summed E-state index contributed by atoms with van der Waals surface area (Å²) in [6.45, 7) is 4.49. The molecular formula is C6H11NO5. The lowest BCUT2D eigenvalue weighted by atomic mass is 10.4. The molecule has 0 radical (unpaired) electrons. The largest absolute Gasteiger partial charge is 0.544 e. The van der Waals surface area contributed by atoms with Crippen molar-refractivity contribution in [3.63, 3.8) is 0 Å². The van der Waals surface area contributed by atoms with E-state index in [-0.39, 0.29) is 11.7 Å². The molecule has 0 aliphatic rings. The number of carbonyl (C=O) groups is 2. The first-order valence-corrected chi connectivity index (χ1v) is 2.70. The lowest BCUT2D eigenvalue weighted by Crippen LogP contribution is -2.38. The summed E-state index contributed by atoms with van der Waals surface area (Å²) in [6.07, 6.45) is -2.22. The van der Waals surface area contributed by atoms with Crippen molar-refractivity contribution in [1.29, 1.82) is 0 Å². The number of esters is 1. The van der Waals surface area contributed by atoms with Crippen LogP contribution in [0, 0.1) is 0 Å². The molecule has 0 rings (SSSR count). The van der Waals surface area contributed by atoms with Gasteiger partial charge in [0, 0.05) is 5.57 Å². The van der Waals surface area contributed by atoms with E-state index >= 15 is 0 Å². The molecule has 1 unspecified atom stereocenters. The van der Waals surface area contributed by atoms with Gasteiger partial charge in [-0.25, -0.2) is 4.79 Å². The fourth-order valence-electron chi connectivity index (χ4n) is 0.250. The number of aliphatic hydroxyl groups excluding tert-OH is 1. The number of ether oxygens (including phenoxy) is 1. The molecular weight excluding hydrogens is 166 g/mol. The maximum absolute atomic E-state index is 10.5. The number of aliphatic carboxylic acids is 1. The predicted molar refractivity (Wildman–Crippen MR) is 37.9 cm³/mol. The molecule has 0 spiro atoms. The van der Waals surface area contributed by atoms with Gasteiger partial charge in [-0.1, -0.05) is 6.58 Å². The van der Waals surface area contributed by atoms with Crippen LogP contribution in [0.25, 0.3) is 0 Å². The van der Waals surface area contributed by atoms with E-state index in [4.69, 9.17) is 5.11 Å². The molecule has 0 heterocycles. The predicted octanol–water partition coefficient (Wildman–Crippen LogP) is -1.45. The smallest absolute Gasteiger partial charge is 0.335 e. The maximum Gasteiger partial charge on any atom is 0.335 e. The van der Waals surface area contributed by atoms with Crippen LogP contribution < -0.4 is 11.3 Å². The number of hydrogen-bond acceptors (Lipinski definition) is 5. The highest BCUT2D eigenvalue weighted by molar-refractivity contribution is 5.88. The number of quaternary nitrogens is 1. The Hall–Kier alpha value is -1.40. The standard InChI is InChI=1S/C6H8O5.H3N/c1-3(2)5(9)11-6(10)4(7)8;/h6,10H,1H2,2H3,(H,7,8);1H3. The first kappa shape index (κ1) is 13.2. The zero-order valence-electron chi connectivity index (χ0n) is 6.86. The molecule has 6 heteroatoms. The Labute approximate surface area is 69.0 Å². The van der Waals surface area contributed by atoms with Crippen LogP contribution in [0.1, 0.15) is 6.92 Å². The summed E-state index contributed by atoms with van der Waals surface area (Å²) < 4.78 is 3.93. The van der Waals surface area contributed by atoms with Gasteiger partial charge in [0.15, 0.2) is 0 Å². The van der Waals surface area contributed by atoms with Crippen LogP contribution >= 0.6 is 0 Å². The summed E-state index contributed by atoms with van der Waals surface area (Å²) in [6, 6.07) is 0. The Bertz CT molecular complexity index is 200. The Morgan fingerprint density at radius 3 is 2.25 bits per heavy atom. The lowest BCUT2D eigenvalue weighted by molar-refractivity contribution is -0.328. The summed E-state index contributed by atoms with van der Waals surface area (Å²) in [5, 5.41) is 18.2. The van der Waals surface area contributed by atoms with E-state index in [1.54, 1.807) is 0 Å².